The first-order valence-electron chi connectivity index (χ1n) is 12.8. The van der Waals surface area contributed by atoms with Crippen molar-refractivity contribution >= 4 is 22.9 Å². The normalized spacial score (nSPS) is 24.3. The lowest BCUT2D eigenvalue weighted by Gasteiger charge is -2.40. The van der Waals surface area contributed by atoms with Crippen LogP contribution in [0.2, 0.25) is 0 Å². The Morgan fingerprint density at radius 3 is 2.57 bits per heavy atom. The van der Waals surface area contributed by atoms with Gasteiger partial charge in [-0.1, -0.05) is 18.0 Å². The maximum absolute atomic E-state index is 13.5. The van der Waals surface area contributed by atoms with Gasteiger partial charge in [0.1, 0.15) is 5.82 Å². The number of benzene rings is 1. The van der Waals surface area contributed by atoms with Crippen LogP contribution >= 0.6 is 0 Å². The van der Waals surface area contributed by atoms with Crippen molar-refractivity contribution < 1.29 is 18.5 Å². The molecule has 1 saturated carbocycles. The zero-order valence-electron chi connectivity index (χ0n) is 19.9. The lowest BCUT2D eigenvalue weighted by atomic mass is 9.78. The highest BCUT2D eigenvalue weighted by Gasteiger charge is 2.36. The molecule has 2 amide bonds. The third-order valence-electron chi connectivity index (χ3n) is 8.32. The van der Waals surface area contributed by atoms with Crippen LogP contribution in [0.4, 0.5) is 9.18 Å². The van der Waals surface area contributed by atoms with Crippen LogP contribution in [0.1, 0.15) is 55.8 Å². The van der Waals surface area contributed by atoms with Crippen LogP contribution in [0, 0.1) is 17.7 Å². The first kappa shape index (κ1) is 22.5. The highest BCUT2D eigenvalue weighted by Crippen LogP contribution is 2.36. The zero-order chi connectivity index (χ0) is 23.9. The second kappa shape index (κ2) is 9.22. The van der Waals surface area contributed by atoms with E-state index in [4.69, 9.17) is 4.52 Å². The molecule has 1 saturated heterocycles. The van der Waals surface area contributed by atoms with Gasteiger partial charge < -0.3 is 9.42 Å². The lowest BCUT2D eigenvalue weighted by molar-refractivity contribution is -0.129. The second-order valence-corrected chi connectivity index (χ2v) is 10.4. The second-order valence-electron chi connectivity index (χ2n) is 10.4. The molecule has 2 unspecified atom stereocenters. The standard InChI is InChI=1S/C27H31FN4O3/c28-21-7-8-23-24(14-21)35-29-26(23)18-9-12-30(13-10-18)16-19-4-1-2-5-20(19)17-32-25(33)15-22-6-3-11-31(22)27(32)34/h3,6-8,11,14,18-20H,1-2,4-5,9-10,12-13,15-17H2. The minimum absolute atomic E-state index is 0.0777. The number of nitrogens with zero attached hydrogens (tertiary/aromatic N) is 4. The zero-order valence-corrected chi connectivity index (χ0v) is 19.9. The van der Waals surface area contributed by atoms with Gasteiger partial charge in [-0.3, -0.25) is 14.3 Å². The summed E-state index contributed by atoms with van der Waals surface area (Å²) < 4.78 is 20.5. The molecule has 3 aliphatic rings. The van der Waals surface area contributed by atoms with Crippen LogP contribution in [0.5, 0.6) is 0 Å². The Kier molecular flexibility index (Phi) is 5.92. The molecule has 2 atom stereocenters. The Morgan fingerprint density at radius 2 is 1.77 bits per heavy atom. The molecule has 4 heterocycles. The van der Waals surface area contributed by atoms with Gasteiger partial charge >= 0.3 is 6.03 Å². The molecule has 8 heteroatoms. The van der Waals surface area contributed by atoms with Gasteiger partial charge in [-0.15, -0.1) is 0 Å². The van der Waals surface area contributed by atoms with Crippen molar-refractivity contribution in [3.05, 3.63) is 53.7 Å². The number of likely N-dealkylation sites (tertiary alicyclic amines) is 1. The number of carbonyl (C=O) groups excluding carboxylic acids is 2. The summed E-state index contributed by atoms with van der Waals surface area (Å²) in [6, 6.07) is 8.12. The number of fused-ring (bicyclic) bond motifs is 2. The molecule has 2 aromatic heterocycles. The van der Waals surface area contributed by atoms with Crippen LogP contribution in [0.25, 0.3) is 11.0 Å². The number of amides is 2. The van der Waals surface area contributed by atoms with Gasteiger partial charge in [-0.2, -0.15) is 0 Å². The summed E-state index contributed by atoms with van der Waals surface area (Å²) in [5.41, 5.74) is 2.24. The van der Waals surface area contributed by atoms with E-state index in [0.717, 1.165) is 68.5 Å². The summed E-state index contributed by atoms with van der Waals surface area (Å²) in [5.74, 6) is 0.771. The van der Waals surface area contributed by atoms with Crippen LogP contribution < -0.4 is 0 Å². The minimum atomic E-state index is -0.307. The Morgan fingerprint density at radius 1 is 1.00 bits per heavy atom. The first-order valence-corrected chi connectivity index (χ1v) is 12.8. The van der Waals surface area contributed by atoms with E-state index < -0.39 is 0 Å². The van der Waals surface area contributed by atoms with E-state index in [-0.39, 0.29) is 17.8 Å². The van der Waals surface area contributed by atoms with Gasteiger partial charge in [0.2, 0.25) is 5.91 Å². The largest absolute Gasteiger partial charge is 0.356 e. The molecule has 2 fully saturated rings. The first-order chi connectivity index (χ1) is 17.1. The monoisotopic (exact) mass is 478 g/mol. The summed E-state index contributed by atoms with van der Waals surface area (Å²) in [6.45, 7) is 3.50. The molecule has 0 N–H and O–H groups in total. The molecule has 184 valence electrons. The van der Waals surface area contributed by atoms with E-state index >= 15 is 0 Å². The van der Waals surface area contributed by atoms with Crippen LogP contribution in [0.15, 0.2) is 41.1 Å². The Bertz CT molecular complexity index is 1240. The van der Waals surface area contributed by atoms with E-state index in [0.29, 0.717) is 36.3 Å². The van der Waals surface area contributed by atoms with Crippen molar-refractivity contribution in [2.45, 2.75) is 50.9 Å². The van der Waals surface area contributed by atoms with E-state index in [2.05, 4.69) is 10.1 Å². The summed E-state index contributed by atoms with van der Waals surface area (Å²) in [5, 5.41) is 5.19. The lowest BCUT2D eigenvalue weighted by Crippen LogP contribution is -2.49. The highest BCUT2D eigenvalue weighted by molar-refractivity contribution is 5.99. The number of hydrogen-bond donors (Lipinski definition) is 0. The van der Waals surface area contributed by atoms with Crippen LogP contribution in [-0.4, -0.2) is 57.6 Å². The van der Waals surface area contributed by atoms with Gasteiger partial charge in [-0.05, 0) is 74.9 Å². The Labute approximate surface area is 203 Å². The molecule has 6 rings (SSSR count). The highest BCUT2D eigenvalue weighted by atomic mass is 19.1. The molecule has 7 nitrogen and oxygen atoms in total. The number of piperidine rings is 1. The van der Waals surface area contributed by atoms with Gasteiger partial charge in [0.15, 0.2) is 5.58 Å². The van der Waals surface area contributed by atoms with Crippen molar-refractivity contribution in [2.75, 3.05) is 26.2 Å². The summed E-state index contributed by atoms with van der Waals surface area (Å²) >= 11 is 0. The SMILES string of the molecule is O=C1Cc2cccn2C(=O)N1CC1CCCCC1CN1CCC(c2noc3cc(F)ccc23)CC1. The fourth-order valence-electron chi connectivity index (χ4n) is 6.36. The third-order valence-corrected chi connectivity index (χ3v) is 8.32. The maximum atomic E-state index is 13.5. The topological polar surface area (TPSA) is 71.6 Å². The fourth-order valence-corrected chi connectivity index (χ4v) is 6.36. The molecule has 0 spiro atoms. The smallest absolute Gasteiger partial charge is 0.335 e. The number of rotatable bonds is 5. The summed E-state index contributed by atoms with van der Waals surface area (Å²) in [6.07, 6.45) is 8.64. The molecule has 1 aliphatic carbocycles. The van der Waals surface area contributed by atoms with Gasteiger partial charge in [-0.25, -0.2) is 9.18 Å². The van der Waals surface area contributed by atoms with Crippen LogP contribution in [0.3, 0.4) is 0 Å². The molecule has 35 heavy (non-hydrogen) atoms. The molecular formula is C27H31FN4O3. The Hall–Kier alpha value is -3.00. The van der Waals surface area contributed by atoms with Crippen LogP contribution in [-0.2, 0) is 11.2 Å². The fraction of sp³-hybridized carbons (Fsp3) is 0.519. The maximum Gasteiger partial charge on any atom is 0.335 e. The number of imide groups is 1. The summed E-state index contributed by atoms with van der Waals surface area (Å²) in [4.78, 5) is 29.7. The molecule has 2 aliphatic heterocycles. The average molecular weight is 479 g/mol. The number of carbonyl (C=O) groups is 2. The molecule has 0 radical (unpaired) electrons. The predicted octanol–water partition coefficient (Wildman–Crippen LogP) is 4.81. The van der Waals surface area contributed by atoms with Crippen molar-refractivity contribution in [2.24, 2.45) is 11.8 Å². The van der Waals surface area contributed by atoms with Gasteiger partial charge in [0.05, 0.1) is 12.1 Å². The van der Waals surface area contributed by atoms with Gasteiger partial charge in [0.25, 0.3) is 0 Å². The van der Waals surface area contributed by atoms with Gasteiger partial charge in [0, 0.05) is 42.4 Å². The number of aromatic nitrogens is 2. The van der Waals surface area contributed by atoms with E-state index in [9.17, 15) is 14.0 Å². The average Bonchev–Trinajstić information content (AvgIpc) is 3.50. The summed E-state index contributed by atoms with van der Waals surface area (Å²) in [7, 11) is 0. The van der Waals surface area contributed by atoms with Crippen molar-refractivity contribution in [1.29, 1.82) is 0 Å². The van der Waals surface area contributed by atoms with E-state index in [1.54, 1.807) is 16.8 Å². The molecule has 3 aromatic rings. The van der Waals surface area contributed by atoms with E-state index in [1.165, 1.54) is 23.5 Å². The quantitative estimate of drug-likeness (QED) is 0.526. The van der Waals surface area contributed by atoms with Crippen molar-refractivity contribution in [3.8, 4) is 0 Å². The third kappa shape index (κ3) is 4.29. The van der Waals surface area contributed by atoms with E-state index in [1.807, 2.05) is 12.1 Å². The molecule has 1 aromatic carbocycles. The van der Waals surface area contributed by atoms with Crippen molar-refractivity contribution in [1.82, 2.24) is 19.5 Å². The molecular weight excluding hydrogens is 447 g/mol. The number of hydrogen-bond acceptors (Lipinski definition) is 5. The predicted molar refractivity (Wildman–Crippen MR) is 128 cm³/mol. The Balaban J connectivity index is 1.08. The van der Waals surface area contributed by atoms with Crippen molar-refractivity contribution in [3.63, 3.8) is 0 Å². The minimum Gasteiger partial charge on any atom is -0.356 e. The molecule has 0 bridgehead atoms. The number of halogens is 1.